The fraction of sp³-hybridized carbons (Fsp3) is 0.130. The Bertz CT molecular complexity index is 1060. The SMILES string of the molecule is Cc1cccc(NC(=O)[C@H](Cc2ccccc2)N2C(=O)c3ccccc3C2=O)n1. The highest BCUT2D eigenvalue weighted by atomic mass is 16.2. The van der Waals surface area contributed by atoms with Crippen LogP contribution in [0.15, 0.2) is 72.8 Å². The average Bonchev–Trinajstić information content (AvgIpc) is 2.98. The molecule has 2 heterocycles. The summed E-state index contributed by atoms with van der Waals surface area (Å²) < 4.78 is 0. The number of benzene rings is 2. The van der Waals surface area contributed by atoms with E-state index in [-0.39, 0.29) is 6.42 Å². The highest BCUT2D eigenvalue weighted by molar-refractivity contribution is 6.23. The van der Waals surface area contributed by atoms with E-state index in [1.54, 1.807) is 36.4 Å². The number of anilines is 1. The third kappa shape index (κ3) is 3.65. The van der Waals surface area contributed by atoms with Gasteiger partial charge in [-0.05, 0) is 36.8 Å². The van der Waals surface area contributed by atoms with Crippen molar-refractivity contribution in [1.82, 2.24) is 9.88 Å². The van der Waals surface area contributed by atoms with E-state index < -0.39 is 23.8 Å². The molecular formula is C23H19N3O3. The molecule has 1 N–H and O–H groups in total. The number of nitrogens with one attached hydrogen (secondary N) is 1. The molecule has 1 aliphatic heterocycles. The van der Waals surface area contributed by atoms with Gasteiger partial charge in [-0.25, -0.2) is 4.98 Å². The molecule has 0 aliphatic carbocycles. The second-order valence-corrected chi connectivity index (χ2v) is 6.88. The minimum absolute atomic E-state index is 0.212. The molecular weight excluding hydrogens is 366 g/mol. The van der Waals surface area contributed by atoms with Gasteiger partial charge in [-0.1, -0.05) is 48.5 Å². The molecule has 1 atom stereocenters. The fourth-order valence-electron chi connectivity index (χ4n) is 3.45. The summed E-state index contributed by atoms with van der Waals surface area (Å²) in [7, 11) is 0. The summed E-state index contributed by atoms with van der Waals surface area (Å²) in [6.07, 6.45) is 0.212. The molecule has 6 heteroatoms. The quantitative estimate of drug-likeness (QED) is 0.684. The van der Waals surface area contributed by atoms with Crippen LogP contribution in [0.1, 0.15) is 32.0 Å². The van der Waals surface area contributed by atoms with Gasteiger partial charge in [-0.2, -0.15) is 0 Å². The Kier molecular flexibility index (Phi) is 4.91. The van der Waals surface area contributed by atoms with Crippen LogP contribution in [-0.4, -0.2) is 33.6 Å². The summed E-state index contributed by atoms with van der Waals surface area (Å²) >= 11 is 0. The molecule has 0 saturated heterocycles. The molecule has 6 nitrogen and oxygen atoms in total. The predicted octanol–water partition coefficient (Wildman–Crippen LogP) is 3.24. The lowest BCUT2D eigenvalue weighted by molar-refractivity contribution is -0.120. The Balaban J connectivity index is 1.68. The van der Waals surface area contributed by atoms with Crippen LogP contribution in [0.2, 0.25) is 0 Å². The van der Waals surface area contributed by atoms with Crippen LogP contribution in [0.5, 0.6) is 0 Å². The number of rotatable bonds is 5. The van der Waals surface area contributed by atoms with Gasteiger partial charge < -0.3 is 5.32 Å². The van der Waals surface area contributed by atoms with Crippen LogP contribution in [0, 0.1) is 6.92 Å². The number of pyridine rings is 1. The maximum atomic E-state index is 13.2. The normalized spacial score (nSPS) is 13.9. The number of hydrogen-bond donors (Lipinski definition) is 1. The van der Waals surface area contributed by atoms with Crippen molar-refractivity contribution in [3.8, 4) is 0 Å². The Morgan fingerprint density at radius 2 is 1.52 bits per heavy atom. The van der Waals surface area contributed by atoms with Crippen LogP contribution in [0.4, 0.5) is 5.82 Å². The number of hydrogen-bond acceptors (Lipinski definition) is 4. The first-order valence-electron chi connectivity index (χ1n) is 9.30. The van der Waals surface area contributed by atoms with Crippen molar-refractivity contribution < 1.29 is 14.4 Å². The Morgan fingerprint density at radius 3 is 2.14 bits per heavy atom. The molecule has 1 aliphatic rings. The Morgan fingerprint density at radius 1 is 0.897 bits per heavy atom. The lowest BCUT2D eigenvalue weighted by Crippen LogP contribution is -2.48. The zero-order valence-electron chi connectivity index (χ0n) is 15.8. The van der Waals surface area contributed by atoms with E-state index in [1.165, 1.54) is 0 Å². The van der Waals surface area contributed by atoms with Crippen LogP contribution >= 0.6 is 0 Å². The smallest absolute Gasteiger partial charge is 0.262 e. The van der Waals surface area contributed by atoms with E-state index in [1.807, 2.05) is 43.3 Å². The van der Waals surface area contributed by atoms with Gasteiger partial charge in [-0.3, -0.25) is 19.3 Å². The number of nitrogens with zero attached hydrogens (tertiary/aromatic N) is 2. The summed E-state index contributed by atoms with van der Waals surface area (Å²) in [6.45, 7) is 1.82. The van der Waals surface area contributed by atoms with E-state index in [2.05, 4.69) is 10.3 Å². The molecule has 29 heavy (non-hydrogen) atoms. The van der Waals surface area contributed by atoms with Gasteiger partial charge in [-0.15, -0.1) is 0 Å². The Labute approximate surface area is 168 Å². The molecule has 3 amide bonds. The standard InChI is InChI=1S/C23H19N3O3/c1-15-8-7-13-20(24-15)25-21(27)19(14-16-9-3-2-4-10-16)26-22(28)17-11-5-6-12-18(17)23(26)29/h2-13,19H,14H2,1H3,(H,24,25,27)/t19-/m0/s1. The molecule has 0 unspecified atom stereocenters. The first kappa shape index (κ1) is 18.6. The van der Waals surface area contributed by atoms with E-state index >= 15 is 0 Å². The highest BCUT2D eigenvalue weighted by Crippen LogP contribution is 2.26. The van der Waals surface area contributed by atoms with Gasteiger partial charge >= 0.3 is 0 Å². The van der Waals surface area contributed by atoms with Gasteiger partial charge in [0, 0.05) is 12.1 Å². The largest absolute Gasteiger partial charge is 0.309 e. The summed E-state index contributed by atoms with van der Waals surface area (Å²) in [5, 5.41) is 2.75. The summed E-state index contributed by atoms with van der Waals surface area (Å²) in [4.78, 5) is 44.4. The van der Waals surface area contributed by atoms with Crippen molar-refractivity contribution in [3.63, 3.8) is 0 Å². The van der Waals surface area contributed by atoms with Gasteiger partial charge in [0.15, 0.2) is 0 Å². The number of amides is 3. The summed E-state index contributed by atoms with van der Waals surface area (Å²) in [5.74, 6) is -0.996. The summed E-state index contributed by atoms with van der Waals surface area (Å²) in [6, 6.07) is 20.2. The van der Waals surface area contributed by atoms with Crippen molar-refractivity contribution in [1.29, 1.82) is 0 Å². The third-order valence-electron chi connectivity index (χ3n) is 4.85. The number of carbonyl (C=O) groups excluding carboxylic acids is 3. The van der Waals surface area contributed by atoms with Crippen LogP contribution < -0.4 is 5.32 Å². The lowest BCUT2D eigenvalue weighted by Gasteiger charge is -2.25. The molecule has 0 saturated carbocycles. The average molecular weight is 385 g/mol. The molecule has 0 radical (unpaired) electrons. The molecule has 0 fully saturated rings. The van der Waals surface area contributed by atoms with Crippen LogP contribution in [0.25, 0.3) is 0 Å². The Hall–Kier alpha value is -3.80. The van der Waals surface area contributed by atoms with E-state index in [0.29, 0.717) is 16.9 Å². The number of carbonyl (C=O) groups is 3. The van der Waals surface area contributed by atoms with Crippen molar-refractivity contribution >= 4 is 23.5 Å². The molecule has 2 aromatic carbocycles. The third-order valence-corrected chi connectivity index (χ3v) is 4.85. The van der Waals surface area contributed by atoms with Crippen LogP contribution in [-0.2, 0) is 11.2 Å². The fourth-order valence-corrected chi connectivity index (χ4v) is 3.45. The molecule has 1 aromatic heterocycles. The van der Waals surface area contributed by atoms with Gasteiger partial charge in [0.25, 0.3) is 11.8 Å². The lowest BCUT2D eigenvalue weighted by atomic mass is 10.0. The molecule has 4 rings (SSSR count). The van der Waals surface area contributed by atoms with E-state index in [0.717, 1.165) is 16.2 Å². The monoisotopic (exact) mass is 385 g/mol. The minimum Gasteiger partial charge on any atom is -0.309 e. The first-order valence-corrected chi connectivity index (χ1v) is 9.30. The number of aryl methyl sites for hydroxylation is 1. The zero-order valence-corrected chi connectivity index (χ0v) is 15.8. The molecule has 3 aromatic rings. The van der Waals surface area contributed by atoms with Crippen molar-refractivity contribution in [2.24, 2.45) is 0 Å². The number of imide groups is 1. The number of fused-ring (bicyclic) bond motifs is 1. The zero-order chi connectivity index (χ0) is 20.4. The maximum absolute atomic E-state index is 13.2. The minimum atomic E-state index is -0.993. The second kappa shape index (κ2) is 7.67. The van der Waals surface area contributed by atoms with Crippen molar-refractivity contribution in [2.75, 3.05) is 5.32 Å². The van der Waals surface area contributed by atoms with Crippen LogP contribution in [0.3, 0.4) is 0 Å². The molecule has 0 bridgehead atoms. The topological polar surface area (TPSA) is 79.4 Å². The van der Waals surface area contributed by atoms with Gasteiger partial charge in [0.1, 0.15) is 11.9 Å². The maximum Gasteiger partial charge on any atom is 0.262 e. The van der Waals surface area contributed by atoms with E-state index in [4.69, 9.17) is 0 Å². The predicted molar refractivity (Wildman–Crippen MR) is 108 cm³/mol. The first-order chi connectivity index (χ1) is 14.0. The summed E-state index contributed by atoms with van der Waals surface area (Å²) in [5.41, 5.74) is 2.23. The van der Waals surface area contributed by atoms with Gasteiger partial charge in [0.2, 0.25) is 5.91 Å². The highest BCUT2D eigenvalue weighted by Gasteiger charge is 2.42. The molecule has 144 valence electrons. The number of aromatic nitrogens is 1. The van der Waals surface area contributed by atoms with Gasteiger partial charge in [0.05, 0.1) is 11.1 Å². The second-order valence-electron chi connectivity index (χ2n) is 6.88. The van der Waals surface area contributed by atoms with Crippen molar-refractivity contribution in [3.05, 3.63) is 95.2 Å². The van der Waals surface area contributed by atoms with E-state index in [9.17, 15) is 14.4 Å². The molecule has 0 spiro atoms. The van der Waals surface area contributed by atoms with Crippen molar-refractivity contribution in [2.45, 2.75) is 19.4 Å².